The van der Waals surface area contributed by atoms with E-state index >= 15 is 0 Å². The van der Waals surface area contributed by atoms with Gasteiger partial charge in [0.05, 0.1) is 6.61 Å². The molecule has 1 amide bonds. The molecule has 0 aromatic heterocycles. The second-order valence-electron chi connectivity index (χ2n) is 3.57. The second kappa shape index (κ2) is 3.82. The molecule has 2 rings (SSSR count). The van der Waals surface area contributed by atoms with Gasteiger partial charge in [-0.25, -0.2) is 10.2 Å². The molecule has 0 aliphatic heterocycles. The molecular weight excluding hydrogens is 180 g/mol. The van der Waals surface area contributed by atoms with Crippen molar-refractivity contribution in [2.24, 2.45) is 16.9 Å². The minimum absolute atomic E-state index is 0.379. The van der Waals surface area contributed by atoms with Crippen molar-refractivity contribution in [3.8, 4) is 0 Å². The smallest absolute Gasteiger partial charge is 0.427 e. The van der Waals surface area contributed by atoms with Gasteiger partial charge in [-0.3, -0.25) is 0 Å². The summed E-state index contributed by atoms with van der Waals surface area (Å²) in [4.78, 5) is 10.9. The summed E-state index contributed by atoms with van der Waals surface area (Å²) >= 11 is 0. The number of rotatable bonds is 2. The summed E-state index contributed by atoms with van der Waals surface area (Å²) < 4.78 is 4.70. The molecule has 0 aromatic rings. The monoisotopic (exact) mass is 194 g/mol. The van der Waals surface area contributed by atoms with Gasteiger partial charge >= 0.3 is 6.09 Å². The van der Waals surface area contributed by atoms with Crippen LogP contribution in [0.4, 0.5) is 4.79 Å². The topological polar surface area (TPSA) is 50.7 Å². The van der Waals surface area contributed by atoms with E-state index in [9.17, 15) is 4.79 Å². The lowest BCUT2D eigenvalue weighted by molar-refractivity contribution is 0.152. The number of ether oxygens (including phenoxy) is 1. The van der Waals surface area contributed by atoms with Gasteiger partial charge in [-0.2, -0.15) is 5.10 Å². The molecule has 1 fully saturated rings. The number of carbonyl (C=O) groups is 1. The predicted octanol–water partition coefficient (Wildman–Crippen LogP) is 1.68. The average molecular weight is 194 g/mol. The maximum atomic E-state index is 10.9. The van der Waals surface area contributed by atoms with E-state index in [0.29, 0.717) is 18.4 Å². The van der Waals surface area contributed by atoms with Crippen LogP contribution in [0.15, 0.2) is 17.3 Å². The third-order valence-corrected chi connectivity index (χ3v) is 2.73. The molecule has 0 heterocycles. The number of hydrogen-bond acceptors (Lipinski definition) is 3. The summed E-state index contributed by atoms with van der Waals surface area (Å²) in [6.07, 6.45) is 5.99. The summed E-state index contributed by atoms with van der Waals surface area (Å²) in [5, 5.41) is 4.04. The fraction of sp³-hybridized carbons (Fsp3) is 0.600. The van der Waals surface area contributed by atoms with Crippen LogP contribution in [-0.4, -0.2) is 18.4 Å². The van der Waals surface area contributed by atoms with E-state index in [1.54, 1.807) is 6.92 Å². The lowest BCUT2D eigenvalue weighted by Crippen LogP contribution is -2.35. The lowest BCUT2D eigenvalue weighted by atomic mass is 9.74. The van der Waals surface area contributed by atoms with Gasteiger partial charge in [0, 0.05) is 11.6 Å². The van der Waals surface area contributed by atoms with E-state index in [2.05, 4.69) is 22.7 Å². The Morgan fingerprint density at radius 3 is 3.36 bits per heavy atom. The number of hydrogen-bond donors (Lipinski definition) is 1. The molecule has 4 nitrogen and oxygen atoms in total. The largest absolute Gasteiger partial charge is 0.449 e. The van der Waals surface area contributed by atoms with Gasteiger partial charge in [0.1, 0.15) is 0 Å². The Morgan fingerprint density at radius 2 is 2.64 bits per heavy atom. The lowest BCUT2D eigenvalue weighted by Gasteiger charge is -2.31. The van der Waals surface area contributed by atoms with Crippen LogP contribution >= 0.6 is 0 Å². The van der Waals surface area contributed by atoms with Gasteiger partial charge in [0.15, 0.2) is 0 Å². The van der Waals surface area contributed by atoms with E-state index in [4.69, 9.17) is 4.74 Å². The van der Waals surface area contributed by atoms with Crippen molar-refractivity contribution in [2.45, 2.75) is 19.8 Å². The fourth-order valence-corrected chi connectivity index (χ4v) is 1.94. The van der Waals surface area contributed by atoms with Gasteiger partial charge in [0.25, 0.3) is 0 Å². The minimum atomic E-state index is -0.464. The Balaban J connectivity index is 1.80. The first kappa shape index (κ1) is 9.24. The van der Waals surface area contributed by atoms with Gasteiger partial charge in [0.2, 0.25) is 0 Å². The van der Waals surface area contributed by atoms with Crippen molar-refractivity contribution in [2.75, 3.05) is 6.61 Å². The van der Waals surface area contributed by atoms with Crippen LogP contribution in [0.5, 0.6) is 0 Å². The van der Waals surface area contributed by atoms with Gasteiger partial charge in [-0.1, -0.05) is 12.2 Å². The zero-order chi connectivity index (χ0) is 9.97. The molecule has 1 N–H and O–H groups in total. The van der Waals surface area contributed by atoms with Crippen LogP contribution in [0.1, 0.15) is 19.8 Å². The molecule has 4 heteroatoms. The van der Waals surface area contributed by atoms with Crippen LogP contribution in [0.3, 0.4) is 0 Å². The molecular formula is C10H14N2O2. The molecule has 2 atom stereocenters. The molecule has 0 saturated heterocycles. The summed E-state index contributed by atoms with van der Waals surface area (Å²) in [5.41, 5.74) is 3.49. The van der Waals surface area contributed by atoms with Crippen LogP contribution in [0.25, 0.3) is 0 Å². The van der Waals surface area contributed by atoms with Crippen LogP contribution < -0.4 is 5.43 Å². The quantitative estimate of drug-likeness (QED) is 0.537. The van der Waals surface area contributed by atoms with Gasteiger partial charge in [-0.05, 0) is 25.7 Å². The molecule has 2 unspecified atom stereocenters. The number of allylic oxidation sites excluding steroid dienone is 2. The third-order valence-electron chi connectivity index (χ3n) is 2.73. The number of carbonyl (C=O) groups excluding carboxylic acids is 1. The first-order valence-corrected chi connectivity index (χ1v) is 4.97. The van der Waals surface area contributed by atoms with Crippen molar-refractivity contribution in [3.63, 3.8) is 0 Å². The van der Waals surface area contributed by atoms with E-state index in [-0.39, 0.29) is 0 Å². The molecule has 2 aliphatic rings. The first-order chi connectivity index (χ1) is 6.81. The molecule has 14 heavy (non-hydrogen) atoms. The Hall–Kier alpha value is -1.32. The Morgan fingerprint density at radius 1 is 1.79 bits per heavy atom. The molecule has 0 bridgehead atoms. The Bertz CT molecular complexity index is 296. The zero-order valence-electron chi connectivity index (χ0n) is 8.19. The molecule has 1 saturated carbocycles. The number of fused-ring (bicyclic) bond motifs is 1. The number of nitrogens with zero attached hydrogens (tertiary/aromatic N) is 1. The summed E-state index contributed by atoms with van der Waals surface area (Å²) in [5.74, 6) is 1.20. The highest BCUT2D eigenvalue weighted by Crippen LogP contribution is 2.39. The second-order valence-corrected chi connectivity index (χ2v) is 3.57. The summed E-state index contributed by atoms with van der Waals surface area (Å²) in [7, 11) is 0. The van der Waals surface area contributed by atoms with E-state index < -0.39 is 6.09 Å². The molecule has 76 valence electrons. The molecule has 0 spiro atoms. The van der Waals surface area contributed by atoms with Crippen molar-refractivity contribution in [3.05, 3.63) is 12.2 Å². The number of amides is 1. The van der Waals surface area contributed by atoms with E-state index in [1.165, 1.54) is 0 Å². The number of nitrogens with one attached hydrogen (secondary N) is 1. The Labute approximate surface area is 83.0 Å². The molecule has 0 aromatic carbocycles. The van der Waals surface area contributed by atoms with E-state index in [1.807, 2.05) is 0 Å². The maximum absolute atomic E-state index is 10.9. The highest BCUT2D eigenvalue weighted by molar-refractivity contribution is 5.94. The van der Waals surface area contributed by atoms with Crippen LogP contribution in [0, 0.1) is 11.8 Å². The molecule has 0 radical (unpaired) electrons. The SMILES string of the molecule is CCOC(=O)N/N=C1/CC2C=CCC12. The zero-order valence-corrected chi connectivity index (χ0v) is 8.19. The summed E-state index contributed by atoms with van der Waals surface area (Å²) in [6, 6.07) is 0. The fourth-order valence-electron chi connectivity index (χ4n) is 1.94. The summed E-state index contributed by atoms with van der Waals surface area (Å²) in [6.45, 7) is 2.15. The predicted molar refractivity (Wildman–Crippen MR) is 52.9 cm³/mol. The Kier molecular flexibility index (Phi) is 2.52. The highest BCUT2D eigenvalue weighted by Gasteiger charge is 2.37. The normalized spacial score (nSPS) is 31.1. The molecule has 2 aliphatic carbocycles. The van der Waals surface area contributed by atoms with Crippen molar-refractivity contribution >= 4 is 11.8 Å². The average Bonchev–Trinajstić information content (AvgIpc) is 2.48. The van der Waals surface area contributed by atoms with Crippen molar-refractivity contribution in [1.29, 1.82) is 0 Å². The minimum Gasteiger partial charge on any atom is -0.449 e. The van der Waals surface area contributed by atoms with Crippen LogP contribution in [-0.2, 0) is 4.74 Å². The van der Waals surface area contributed by atoms with Gasteiger partial charge in [-0.15, -0.1) is 0 Å². The van der Waals surface area contributed by atoms with Gasteiger partial charge < -0.3 is 4.74 Å². The maximum Gasteiger partial charge on any atom is 0.427 e. The van der Waals surface area contributed by atoms with E-state index in [0.717, 1.165) is 18.6 Å². The van der Waals surface area contributed by atoms with Crippen molar-refractivity contribution in [1.82, 2.24) is 5.43 Å². The van der Waals surface area contributed by atoms with Crippen molar-refractivity contribution < 1.29 is 9.53 Å². The standard InChI is InChI=1S/C10H14N2O2/c1-2-14-10(13)12-11-9-6-7-4-3-5-8(7)9/h3-4,7-8H,2,5-6H2,1H3,(H,12,13)/b11-9-. The highest BCUT2D eigenvalue weighted by atomic mass is 16.5. The number of hydrazone groups is 1. The van der Waals surface area contributed by atoms with Crippen LogP contribution in [0.2, 0.25) is 0 Å². The third kappa shape index (κ3) is 1.64. The first-order valence-electron chi connectivity index (χ1n) is 4.97.